The molecule has 1 aromatic rings. The van der Waals surface area contributed by atoms with Crippen LogP contribution in [-0.4, -0.2) is 61.4 Å². The van der Waals surface area contributed by atoms with Crippen LogP contribution in [0, 0.1) is 0 Å². The maximum Gasteiger partial charge on any atom is 0.257 e. The molecule has 21 heavy (non-hydrogen) atoms. The summed E-state index contributed by atoms with van der Waals surface area (Å²) in [5.74, 6) is 0.927. The number of rotatable bonds is 3. The fourth-order valence-electron chi connectivity index (χ4n) is 2.83. The van der Waals surface area contributed by atoms with E-state index in [2.05, 4.69) is 5.32 Å². The molecule has 2 N–H and O–H groups in total. The van der Waals surface area contributed by atoms with Crippen LogP contribution in [0.25, 0.3) is 0 Å². The molecule has 1 amide bonds. The second kappa shape index (κ2) is 5.54. The van der Waals surface area contributed by atoms with E-state index < -0.39 is 5.60 Å². The molecule has 1 aromatic carbocycles. The van der Waals surface area contributed by atoms with Crippen molar-refractivity contribution in [3.8, 4) is 11.5 Å². The van der Waals surface area contributed by atoms with E-state index in [1.807, 2.05) is 0 Å². The van der Waals surface area contributed by atoms with Gasteiger partial charge < -0.3 is 24.8 Å². The van der Waals surface area contributed by atoms with Crippen molar-refractivity contribution in [1.82, 2.24) is 10.2 Å². The van der Waals surface area contributed by atoms with Crippen LogP contribution in [0.15, 0.2) is 18.2 Å². The number of para-hydroxylation sites is 1. The predicted octanol–water partition coefficient (Wildman–Crippen LogP) is 0.254. The lowest BCUT2D eigenvalue weighted by atomic mass is 10.0. The Morgan fingerprint density at radius 1 is 1.43 bits per heavy atom. The molecular formula is C15H20N2O4. The average molecular weight is 292 g/mol. The molecule has 0 aromatic heterocycles. The van der Waals surface area contributed by atoms with E-state index in [1.165, 1.54) is 0 Å². The molecule has 1 saturated heterocycles. The zero-order valence-electron chi connectivity index (χ0n) is 12.1. The van der Waals surface area contributed by atoms with Gasteiger partial charge in [-0.25, -0.2) is 0 Å². The van der Waals surface area contributed by atoms with Crippen LogP contribution < -0.4 is 14.8 Å². The van der Waals surface area contributed by atoms with Gasteiger partial charge >= 0.3 is 0 Å². The van der Waals surface area contributed by atoms with E-state index in [4.69, 9.17) is 9.47 Å². The SMILES string of the molecule is CN(CC1(O)CCNC1)C(=O)c1cccc2c1OCCO2. The van der Waals surface area contributed by atoms with Gasteiger partial charge in [0, 0.05) is 13.6 Å². The molecular weight excluding hydrogens is 272 g/mol. The van der Waals surface area contributed by atoms with Gasteiger partial charge in [0.05, 0.1) is 17.7 Å². The first kappa shape index (κ1) is 14.2. The first-order chi connectivity index (χ1) is 10.1. The number of hydrogen-bond acceptors (Lipinski definition) is 5. The van der Waals surface area contributed by atoms with E-state index >= 15 is 0 Å². The Kier molecular flexibility index (Phi) is 3.73. The molecule has 2 aliphatic heterocycles. The van der Waals surface area contributed by atoms with Crippen molar-refractivity contribution in [3.63, 3.8) is 0 Å². The van der Waals surface area contributed by atoms with Crippen LogP contribution >= 0.6 is 0 Å². The predicted molar refractivity (Wildman–Crippen MR) is 76.8 cm³/mol. The molecule has 0 bridgehead atoms. The number of carbonyl (C=O) groups is 1. The summed E-state index contributed by atoms with van der Waals surface area (Å²) in [6.07, 6.45) is 0.650. The highest BCUT2D eigenvalue weighted by molar-refractivity contribution is 5.97. The third-order valence-electron chi connectivity index (χ3n) is 3.90. The molecule has 1 atom stereocenters. The highest BCUT2D eigenvalue weighted by Gasteiger charge is 2.34. The van der Waals surface area contributed by atoms with Gasteiger partial charge in [-0.05, 0) is 25.1 Å². The van der Waals surface area contributed by atoms with Crippen molar-refractivity contribution in [2.45, 2.75) is 12.0 Å². The number of likely N-dealkylation sites (N-methyl/N-ethyl adjacent to an activating group) is 1. The number of aliphatic hydroxyl groups is 1. The Labute approximate surface area is 123 Å². The van der Waals surface area contributed by atoms with Crippen molar-refractivity contribution < 1.29 is 19.4 Å². The molecule has 3 rings (SSSR count). The zero-order valence-corrected chi connectivity index (χ0v) is 12.1. The minimum Gasteiger partial charge on any atom is -0.486 e. The standard InChI is InChI=1S/C15H20N2O4/c1-17(10-15(19)5-6-16-9-15)14(18)11-3-2-4-12-13(11)21-8-7-20-12/h2-4,16,19H,5-10H2,1H3. The van der Waals surface area contributed by atoms with Crippen molar-refractivity contribution in [2.24, 2.45) is 0 Å². The fraction of sp³-hybridized carbons (Fsp3) is 0.533. The highest BCUT2D eigenvalue weighted by atomic mass is 16.6. The van der Waals surface area contributed by atoms with Crippen LogP contribution in [0.5, 0.6) is 11.5 Å². The quantitative estimate of drug-likeness (QED) is 0.836. The van der Waals surface area contributed by atoms with Gasteiger partial charge in [0.25, 0.3) is 5.91 Å². The summed E-state index contributed by atoms with van der Waals surface area (Å²) in [4.78, 5) is 14.1. The van der Waals surface area contributed by atoms with Crippen molar-refractivity contribution in [1.29, 1.82) is 0 Å². The van der Waals surface area contributed by atoms with Crippen LogP contribution in [0.2, 0.25) is 0 Å². The summed E-state index contributed by atoms with van der Waals surface area (Å²) in [5, 5.41) is 13.5. The Bertz CT molecular complexity index is 540. The third-order valence-corrected chi connectivity index (χ3v) is 3.90. The molecule has 1 fully saturated rings. The maximum absolute atomic E-state index is 12.6. The Balaban J connectivity index is 1.78. The van der Waals surface area contributed by atoms with Gasteiger partial charge in [0.15, 0.2) is 11.5 Å². The van der Waals surface area contributed by atoms with Gasteiger partial charge in [-0.1, -0.05) is 6.07 Å². The molecule has 0 saturated carbocycles. The lowest BCUT2D eigenvalue weighted by Crippen LogP contribution is -2.45. The molecule has 2 heterocycles. The van der Waals surface area contributed by atoms with Crippen LogP contribution in [0.3, 0.4) is 0 Å². The second-order valence-corrected chi connectivity index (χ2v) is 5.64. The summed E-state index contributed by atoms with van der Waals surface area (Å²) in [7, 11) is 1.70. The number of hydrogen-bond donors (Lipinski definition) is 2. The van der Waals surface area contributed by atoms with Crippen molar-refractivity contribution in [2.75, 3.05) is 39.9 Å². The first-order valence-corrected chi connectivity index (χ1v) is 7.16. The van der Waals surface area contributed by atoms with Crippen LogP contribution in [-0.2, 0) is 0 Å². The van der Waals surface area contributed by atoms with Gasteiger partial charge in [0.1, 0.15) is 13.2 Å². The number of ether oxygens (including phenoxy) is 2. The van der Waals surface area contributed by atoms with Gasteiger partial charge in [-0.2, -0.15) is 0 Å². The van der Waals surface area contributed by atoms with Crippen molar-refractivity contribution in [3.05, 3.63) is 23.8 Å². The number of nitrogens with zero attached hydrogens (tertiary/aromatic N) is 1. The summed E-state index contributed by atoms with van der Waals surface area (Å²) in [5.41, 5.74) is -0.374. The average Bonchev–Trinajstić information content (AvgIpc) is 2.92. The number of amides is 1. The number of fused-ring (bicyclic) bond motifs is 1. The number of nitrogens with one attached hydrogen (secondary N) is 1. The third kappa shape index (κ3) is 2.82. The van der Waals surface area contributed by atoms with E-state index in [0.29, 0.717) is 49.8 Å². The van der Waals surface area contributed by atoms with E-state index in [9.17, 15) is 9.90 Å². The summed E-state index contributed by atoms with van der Waals surface area (Å²) >= 11 is 0. The topological polar surface area (TPSA) is 71.0 Å². The first-order valence-electron chi connectivity index (χ1n) is 7.16. The maximum atomic E-state index is 12.6. The largest absolute Gasteiger partial charge is 0.486 e. The highest BCUT2D eigenvalue weighted by Crippen LogP contribution is 2.34. The number of β-amino-alcohol motifs (C(OH)–C–C–N with tert-alkyl or cyclic N) is 1. The van der Waals surface area contributed by atoms with E-state index in [-0.39, 0.29) is 5.91 Å². The fourth-order valence-corrected chi connectivity index (χ4v) is 2.83. The monoisotopic (exact) mass is 292 g/mol. The Morgan fingerprint density at radius 3 is 3.00 bits per heavy atom. The molecule has 0 aliphatic carbocycles. The normalized spacial score (nSPS) is 23.9. The van der Waals surface area contributed by atoms with Gasteiger partial charge in [-0.15, -0.1) is 0 Å². The van der Waals surface area contributed by atoms with Crippen molar-refractivity contribution >= 4 is 5.91 Å². The molecule has 6 heteroatoms. The number of benzene rings is 1. The molecule has 0 spiro atoms. The molecule has 114 valence electrons. The minimum atomic E-state index is -0.851. The Hall–Kier alpha value is -1.79. The van der Waals surface area contributed by atoms with E-state index in [0.717, 1.165) is 6.54 Å². The molecule has 2 aliphatic rings. The van der Waals surface area contributed by atoms with Gasteiger partial charge in [-0.3, -0.25) is 4.79 Å². The summed E-state index contributed by atoms with van der Waals surface area (Å²) in [6.45, 7) is 2.51. The van der Waals surface area contributed by atoms with Crippen LogP contribution in [0.4, 0.5) is 0 Å². The lowest BCUT2D eigenvalue weighted by Gasteiger charge is -2.29. The summed E-state index contributed by atoms with van der Waals surface area (Å²) in [6, 6.07) is 5.30. The second-order valence-electron chi connectivity index (χ2n) is 5.64. The number of carbonyl (C=O) groups excluding carboxylic acids is 1. The van der Waals surface area contributed by atoms with E-state index in [1.54, 1.807) is 30.1 Å². The molecule has 6 nitrogen and oxygen atoms in total. The zero-order chi connectivity index (χ0) is 14.9. The van der Waals surface area contributed by atoms with Crippen LogP contribution in [0.1, 0.15) is 16.8 Å². The lowest BCUT2D eigenvalue weighted by molar-refractivity contribution is 0.0249. The molecule has 1 unspecified atom stereocenters. The summed E-state index contributed by atoms with van der Waals surface area (Å²) < 4.78 is 11.1. The molecule has 0 radical (unpaired) electrons. The Morgan fingerprint density at radius 2 is 2.24 bits per heavy atom. The van der Waals surface area contributed by atoms with Gasteiger partial charge in [0.2, 0.25) is 0 Å². The smallest absolute Gasteiger partial charge is 0.257 e. The minimum absolute atomic E-state index is 0.169.